The summed E-state index contributed by atoms with van der Waals surface area (Å²) in [6, 6.07) is 10.6. The van der Waals surface area contributed by atoms with Crippen molar-refractivity contribution in [1.29, 1.82) is 0 Å². The summed E-state index contributed by atoms with van der Waals surface area (Å²) in [5.74, 6) is 2.33. The van der Waals surface area contributed by atoms with Crippen LogP contribution in [-0.2, 0) is 0 Å². The Kier molecular flexibility index (Phi) is 4.19. The molecule has 0 aromatic heterocycles. The van der Waals surface area contributed by atoms with Gasteiger partial charge in [-0.05, 0) is 30.9 Å². The Balaban J connectivity index is 1.86. The standard InChI is InChI=1S/C15H24N2/c1-12-8-14(12)10-17(2)11-15(9-16)13-6-4-3-5-7-13/h3-7,12,14-15H,8-11,16H2,1-2H3. The van der Waals surface area contributed by atoms with Gasteiger partial charge >= 0.3 is 0 Å². The number of nitrogens with two attached hydrogens (primary N) is 1. The summed E-state index contributed by atoms with van der Waals surface area (Å²) < 4.78 is 0. The summed E-state index contributed by atoms with van der Waals surface area (Å²) in [5.41, 5.74) is 7.27. The van der Waals surface area contributed by atoms with Crippen molar-refractivity contribution in [2.45, 2.75) is 19.3 Å². The average molecular weight is 232 g/mol. The molecule has 0 saturated heterocycles. The summed E-state index contributed by atoms with van der Waals surface area (Å²) in [6.45, 7) is 5.37. The van der Waals surface area contributed by atoms with Crippen LogP contribution < -0.4 is 5.73 Å². The van der Waals surface area contributed by atoms with E-state index in [1.165, 1.54) is 18.5 Å². The molecule has 0 spiro atoms. The number of hydrogen-bond acceptors (Lipinski definition) is 2. The minimum Gasteiger partial charge on any atom is -0.330 e. The Bertz CT molecular complexity index is 336. The normalized spacial score (nSPS) is 24.9. The molecule has 1 aliphatic rings. The fourth-order valence-electron chi connectivity index (χ4n) is 2.55. The molecule has 1 aromatic carbocycles. The van der Waals surface area contributed by atoms with Gasteiger partial charge in [0.05, 0.1) is 0 Å². The van der Waals surface area contributed by atoms with Crippen molar-refractivity contribution < 1.29 is 0 Å². The molecule has 0 amide bonds. The molecule has 2 N–H and O–H groups in total. The Morgan fingerprint density at radius 2 is 2.00 bits per heavy atom. The first-order valence-corrected chi connectivity index (χ1v) is 6.64. The van der Waals surface area contributed by atoms with Crippen molar-refractivity contribution in [3.05, 3.63) is 35.9 Å². The van der Waals surface area contributed by atoms with Gasteiger partial charge < -0.3 is 10.6 Å². The number of hydrogen-bond donors (Lipinski definition) is 1. The Morgan fingerprint density at radius 3 is 2.53 bits per heavy atom. The molecule has 17 heavy (non-hydrogen) atoms. The van der Waals surface area contributed by atoms with E-state index in [0.717, 1.165) is 24.9 Å². The second kappa shape index (κ2) is 5.65. The molecule has 3 atom stereocenters. The van der Waals surface area contributed by atoms with Crippen LogP contribution in [0.2, 0.25) is 0 Å². The van der Waals surface area contributed by atoms with E-state index in [-0.39, 0.29) is 0 Å². The van der Waals surface area contributed by atoms with Crippen molar-refractivity contribution in [3.63, 3.8) is 0 Å². The van der Waals surface area contributed by atoms with E-state index in [4.69, 9.17) is 5.73 Å². The topological polar surface area (TPSA) is 29.3 Å². The highest BCUT2D eigenvalue weighted by atomic mass is 15.1. The molecule has 1 aliphatic carbocycles. The van der Waals surface area contributed by atoms with E-state index in [1.54, 1.807) is 0 Å². The molecule has 1 saturated carbocycles. The summed E-state index contributed by atoms with van der Waals surface area (Å²) in [6.07, 6.45) is 1.41. The first-order chi connectivity index (χ1) is 8.20. The highest BCUT2D eigenvalue weighted by Gasteiger charge is 2.33. The molecular weight excluding hydrogens is 208 g/mol. The maximum Gasteiger partial charge on any atom is 0.00887 e. The predicted octanol–water partition coefficient (Wildman–Crippen LogP) is 2.32. The molecule has 0 bridgehead atoms. The number of likely N-dealkylation sites (N-methyl/N-ethyl adjacent to an activating group) is 1. The quantitative estimate of drug-likeness (QED) is 0.815. The van der Waals surface area contributed by atoms with Gasteiger partial charge in [-0.15, -0.1) is 0 Å². The minimum atomic E-state index is 0.468. The first-order valence-electron chi connectivity index (χ1n) is 6.64. The fourth-order valence-corrected chi connectivity index (χ4v) is 2.55. The molecule has 2 nitrogen and oxygen atoms in total. The van der Waals surface area contributed by atoms with Crippen molar-refractivity contribution in [3.8, 4) is 0 Å². The molecule has 1 aromatic rings. The lowest BCUT2D eigenvalue weighted by molar-refractivity contribution is 0.295. The predicted molar refractivity (Wildman–Crippen MR) is 73.0 cm³/mol. The molecule has 0 radical (unpaired) electrons. The lowest BCUT2D eigenvalue weighted by atomic mass is 9.99. The Morgan fingerprint density at radius 1 is 1.35 bits per heavy atom. The van der Waals surface area contributed by atoms with E-state index in [1.807, 2.05) is 0 Å². The van der Waals surface area contributed by atoms with Crippen molar-refractivity contribution in [2.24, 2.45) is 17.6 Å². The number of nitrogens with zero attached hydrogens (tertiary/aromatic N) is 1. The second-order valence-electron chi connectivity index (χ2n) is 5.54. The van der Waals surface area contributed by atoms with Gasteiger partial charge in [0.1, 0.15) is 0 Å². The van der Waals surface area contributed by atoms with E-state index < -0.39 is 0 Å². The largest absolute Gasteiger partial charge is 0.330 e. The summed E-state index contributed by atoms with van der Waals surface area (Å²) >= 11 is 0. The highest BCUT2D eigenvalue weighted by Crippen LogP contribution is 2.38. The van der Waals surface area contributed by atoms with E-state index in [2.05, 4.69) is 49.2 Å². The van der Waals surface area contributed by atoms with E-state index >= 15 is 0 Å². The molecule has 1 fully saturated rings. The monoisotopic (exact) mass is 232 g/mol. The van der Waals surface area contributed by atoms with E-state index in [9.17, 15) is 0 Å². The van der Waals surface area contributed by atoms with Gasteiger partial charge in [-0.1, -0.05) is 37.3 Å². The molecule has 2 heteroatoms. The van der Waals surface area contributed by atoms with Crippen LogP contribution in [0, 0.1) is 11.8 Å². The third-order valence-corrected chi connectivity index (χ3v) is 3.91. The van der Waals surface area contributed by atoms with Crippen LogP contribution in [-0.4, -0.2) is 31.6 Å². The Labute approximate surface area is 105 Å². The van der Waals surface area contributed by atoms with E-state index in [0.29, 0.717) is 5.92 Å². The lowest BCUT2D eigenvalue weighted by Gasteiger charge is -2.23. The van der Waals surface area contributed by atoms with Gasteiger partial charge in [0.15, 0.2) is 0 Å². The van der Waals surface area contributed by atoms with Gasteiger partial charge in [0.2, 0.25) is 0 Å². The maximum absolute atomic E-state index is 5.90. The molecule has 3 unspecified atom stereocenters. The SMILES string of the molecule is CC1CC1CN(C)CC(CN)c1ccccc1. The summed E-state index contributed by atoms with van der Waals surface area (Å²) in [5, 5.41) is 0. The average Bonchev–Trinajstić information content (AvgIpc) is 3.03. The summed E-state index contributed by atoms with van der Waals surface area (Å²) in [4.78, 5) is 2.44. The van der Waals surface area contributed by atoms with Crippen LogP contribution >= 0.6 is 0 Å². The highest BCUT2D eigenvalue weighted by molar-refractivity contribution is 5.20. The first kappa shape index (κ1) is 12.6. The second-order valence-corrected chi connectivity index (χ2v) is 5.54. The van der Waals surface area contributed by atoms with Gasteiger partial charge in [-0.2, -0.15) is 0 Å². The van der Waals surface area contributed by atoms with Gasteiger partial charge in [-0.25, -0.2) is 0 Å². The van der Waals surface area contributed by atoms with Crippen LogP contribution in [0.4, 0.5) is 0 Å². The van der Waals surface area contributed by atoms with Crippen molar-refractivity contribution in [2.75, 3.05) is 26.7 Å². The van der Waals surface area contributed by atoms with Gasteiger partial charge in [-0.3, -0.25) is 0 Å². The third kappa shape index (κ3) is 3.55. The zero-order valence-electron chi connectivity index (χ0n) is 11.0. The molecule has 2 rings (SSSR count). The van der Waals surface area contributed by atoms with Crippen molar-refractivity contribution in [1.82, 2.24) is 4.90 Å². The summed E-state index contributed by atoms with van der Waals surface area (Å²) in [7, 11) is 2.22. The van der Waals surface area contributed by atoms with Crippen LogP contribution in [0.3, 0.4) is 0 Å². The zero-order chi connectivity index (χ0) is 12.3. The smallest absolute Gasteiger partial charge is 0.00887 e. The Hall–Kier alpha value is -0.860. The zero-order valence-corrected chi connectivity index (χ0v) is 11.0. The lowest BCUT2D eigenvalue weighted by Crippen LogP contribution is -2.30. The molecular formula is C15H24N2. The van der Waals surface area contributed by atoms with Crippen LogP contribution in [0.25, 0.3) is 0 Å². The van der Waals surface area contributed by atoms with Gasteiger partial charge in [0, 0.05) is 25.6 Å². The van der Waals surface area contributed by atoms with Crippen molar-refractivity contribution >= 4 is 0 Å². The fraction of sp³-hybridized carbons (Fsp3) is 0.600. The minimum absolute atomic E-state index is 0.468. The molecule has 0 heterocycles. The molecule has 0 aliphatic heterocycles. The molecule has 94 valence electrons. The van der Waals surface area contributed by atoms with Crippen LogP contribution in [0.1, 0.15) is 24.8 Å². The number of benzene rings is 1. The number of rotatable bonds is 6. The van der Waals surface area contributed by atoms with Gasteiger partial charge in [0.25, 0.3) is 0 Å². The van der Waals surface area contributed by atoms with Crippen LogP contribution in [0.5, 0.6) is 0 Å². The third-order valence-electron chi connectivity index (χ3n) is 3.91. The maximum atomic E-state index is 5.90. The van der Waals surface area contributed by atoms with Crippen LogP contribution in [0.15, 0.2) is 30.3 Å².